The molecular formula is C21H20F4N2O3. The van der Waals surface area contributed by atoms with Crippen molar-refractivity contribution in [2.75, 3.05) is 0 Å². The van der Waals surface area contributed by atoms with Crippen LogP contribution in [-0.4, -0.2) is 30.4 Å². The second-order valence-electron chi connectivity index (χ2n) is 6.53. The van der Waals surface area contributed by atoms with Gasteiger partial charge in [-0.25, -0.2) is 0 Å². The van der Waals surface area contributed by atoms with Crippen LogP contribution in [0.5, 0.6) is 5.75 Å². The maximum Gasteiger partial charge on any atom is 0.461 e. The van der Waals surface area contributed by atoms with E-state index in [1.807, 2.05) is 0 Å². The molecule has 9 heteroatoms. The van der Waals surface area contributed by atoms with Crippen molar-refractivity contribution >= 4 is 17.5 Å². The minimum Gasteiger partial charge on any atom is -0.428 e. The molecule has 5 nitrogen and oxygen atoms in total. The fourth-order valence-electron chi connectivity index (χ4n) is 2.34. The minimum atomic E-state index is -4.64. The Morgan fingerprint density at radius 1 is 0.967 bits per heavy atom. The van der Waals surface area contributed by atoms with Gasteiger partial charge in [-0.1, -0.05) is 18.2 Å². The Hall–Kier alpha value is -3.36. The highest BCUT2D eigenvalue weighted by molar-refractivity contribution is 6.03. The molecule has 0 aliphatic carbocycles. The van der Waals surface area contributed by atoms with E-state index in [0.717, 1.165) is 18.2 Å². The number of hydrogen-bond donors (Lipinski definition) is 2. The van der Waals surface area contributed by atoms with Gasteiger partial charge in [-0.15, -0.1) is 0 Å². The lowest BCUT2D eigenvalue weighted by Crippen LogP contribution is -2.33. The maximum atomic E-state index is 13.1. The van der Waals surface area contributed by atoms with Crippen LogP contribution in [0, 0.1) is 0 Å². The quantitative estimate of drug-likeness (QED) is 0.493. The van der Waals surface area contributed by atoms with Crippen LogP contribution in [0.25, 0.3) is 5.70 Å². The minimum absolute atomic E-state index is 0.0918. The van der Waals surface area contributed by atoms with Gasteiger partial charge in [-0.05, 0) is 55.8 Å². The van der Waals surface area contributed by atoms with E-state index in [1.165, 1.54) is 12.1 Å². The first-order valence-corrected chi connectivity index (χ1v) is 8.92. The van der Waals surface area contributed by atoms with E-state index in [4.69, 9.17) is 0 Å². The summed E-state index contributed by atoms with van der Waals surface area (Å²) >= 11 is 0. The lowest BCUT2D eigenvalue weighted by molar-refractivity contribution is -0.253. The Morgan fingerprint density at radius 3 is 2.10 bits per heavy atom. The molecule has 2 rings (SSSR count). The van der Waals surface area contributed by atoms with Crippen molar-refractivity contribution in [2.45, 2.75) is 32.4 Å². The van der Waals surface area contributed by atoms with E-state index in [1.54, 1.807) is 44.2 Å². The summed E-state index contributed by atoms with van der Waals surface area (Å²) in [6.45, 7) is 3.51. The lowest BCUT2D eigenvalue weighted by atomic mass is 10.1. The van der Waals surface area contributed by atoms with Crippen molar-refractivity contribution in [3.8, 4) is 5.75 Å². The van der Waals surface area contributed by atoms with E-state index >= 15 is 0 Å². The van der Waals surface area contributed by atoms with Crippen molar-refractivity contribution in [3.05, 3.63) is 71.8 Å². The Bertz CT molecular complexity index is 898. The predicted molar refractivity (Wildman–Crippen MR) is 103 cm³/mol. The van der Waals surface area contributed by atoms with Gasteiger partial charge < -0.3 is 15.4 Å². The molecule has 0 saturated heterocycles. The van der Waals surface area contributed by atoms with Crippen LogP contribution in [0.1, 0.15) is 29.8 Å². The molecule has 0 saturated carbocycles. The van der Waals surface area contributed by atoms with Crippen molar-refractivity contribution in [1.82, 2.24) is 10.6 Å². The van der Waals surface area contributed by atoms with Gasteiger partial charge in [0.2, 0.25) is 5.91 Å². The fraction of sp³-hybridized carbons (Fsp3) is 0.238. The third-order valence-electron chi connectivity index (χ3n) is 3.66. The molecule has 2 amide bonds. The van der Waals surface area contributed by atoms with Gasteiger partial charge >= 0.3 is 12.5 Å². The first-order valence-electron chi connectivity index (χ1n) is 8.92. The molecule has 30 heavy (non-hydrogen) atoms. The molecule has 0 spiro atoms. The van der Waals surface area contributed by atoms with E-state index in [9.17, 15) is 27.2 Å². The van der Waals surface area contributed by atoms with Gasteiger partial charge in [0.05, 0.1) is 5.70 Å². The number of carbonyl (C=O) groups excluding carboxylic acids is 2. The number of alkyl halides is 4. The number of rotatable bonds is 8. The highest BCUT2D eigenvalue weighted by Crippen LogP contribution is 2.28. The van der Waals surface area contributed by atoms with Crippen molar-refractivity contribution in [2.24, 2.45) is 0 Å². The summed E-state index contributed by atoms with van der Waals surface area (Å²) in [6, 6.07) is 12.6. The van der Waals surface area contributed by atoms with E-state index in [0.29, 0.717) is 5.56 Å². The summed E-state index contributed by atoms with van der Waals surface area (Å²) < 4.78 is 54.7. The molecule has 0 unspecified atom stereocenters. The summed E-state index contributed by atoms with van der Waals surface area (Å²) in [7, 11) is 0. The number of hydrogen-bond acceptors (Lipinski definition) is 3. The first kappa shape index (κ1) is 22.9. The van der Waals surface area contributed by atoms with E-state index < -0.39 is 30.1 Å². The summed E-state index contributed by atoms with van der Waals surface area (Å²) in [5.41, 5.74) is 0.712. The molecular weight excluding hydrogens is 404 g/mol. The second-order valence-corrected chi connectivity index (χ2v) is 6.53. The molecule has 0 atom stereocenters. The number of carbonyl (C=O) groups is 2. The lowest BCUT2D eigenvalue weighted by Gasteiger charge is -2.17. The molecule has 2 aromatic rings. The zero-order valence-electron chi connectivity index (χ0n) is 16.2. The fourth-order valence-corrected chi connectivity index (χ4v) is 2.34. The standard InChI is InChI=1S/C21H20F4N2O3/c1-13(2)26-18(28)12-17(27-19(29)15-6-4-3-5-7-15)14-8-10-16(11-9-14)30-21(24,25)20(22)23/h3-13,20H,1-2H3,(H,26,28)(H,27,29). The van der Waals surface area contributed by atoms with Gasteiger partial charge in [0.15, 0.2) is 0 Å². The van der Waals surface area contributed by atoms with Crippen LogP contribution in [0.2, 0.25) is 0 Å². The number of ether oxygens (including phenoxy) is 1. The first-order chi connectivity index (χ1) is 14.1. The molecule has 0 radical (unpaired) electrons. The second kappa shape index (κ2) is 9.91. The molecule has 0 aliphatic rings. The summed E-state index contributed by atoms with van der Waals surface area (Å²) in [5, 5.41) is 5.23. The molecule has 0 heterocycles. The molecule has 0 aliphatic heterocycles. The van der Waals surface area contributed by atoms with Crippen LogP contribution in [-0.2, 0) is 4.79 Å². The van der Waals surface area contributed by atoms with Crippen molar-refractivity contribution in [3.63, 3.8) is 0 Å². The van der Waals surface area contributed by atoms with Gasteiger partial charge in [0.25, 0.3) is 5.91 Å². The molecule has 0 aromatic heterocycles. The van der Waals surface area contributed by atoms with Crippen LogP contribution in [0.4, 0.5) is 17.6 Å². The number of benzene rings is 2. The molecule has 0 bridgehead atoms. The Labute approximate surface area is 170 Å². The van der Waals surface area contributed by atoms with Crippen molar-refractivity contribution < 1.29 is 31.9 Å². The van der Waals surface area contributed by atoms with Gasteiger partial charge in [0, 0.05) is 17.7 Å². The maximum absolute atomic E-state index is 13.1. The number of nitrogens with one attached hydrogen (secondary N) is 2. The molecule has 2 aromatic carbocycles. The van der Waals surface area contributed by atoms with Crippen LogP contribution in [0.15, 0.2) is 60.7 Å². The average molecular weight is 424 g/mol. The number of halogens is 4. The van der Waals surface area contributed by atoms with Gasteiger partial charge in [0.1, 0.15) is 5.75 Å². The molecule has 0 fully saturated rings. The van der Waals surface area contributed by atoms with Crippen LogP contribution >= 0.6 is 0 Å². The normalized spacial score (nSPS) is 12.1. The average Bonchev–Trinajstić information content (AvgIpc) is 2.67. The third kappa shape index (κ3) is 6.61. The topological polar surface area (TPSA) is 67.4 Å². The third-order valence-corrected chi connectivity index (χ3v) is 3.66. The van der Waals surface area contributed by atoms with Crippen LogP contribution < -0.4 is 15.4 Å². The summed E-state index contributed by atoms with van der Waals surface area (Å²) in [4.78, 5) is 24.6. The largest absolute Gasteiger partial charge is 0.461 e. The Kier molecular flexibility index (Phi) is 7.57. The predicted octanol–water partition coefficient (Wildman–Crippen LogP) is 4.22. The summed E-state index contributed by atoms with van der Waals surface area (Å²) in [6.07, 6.45) is -7.49. The monoisotopic (exact) mass is 424 g/mol. The molecule has 2 N–H and O–H groups in total. The zero-order chi connectivity index (χ0) is 22.3. The zero-order valence-corrected chi connectivity index (χ0v) is 16.2. The highest BCUT2D eigenvalue weighted by Gasteiger charge is 2.43. The smallest absolute Gasteiger partial charge is 0.428 e. The SMILES string of the molecule is CC(C)NC(=O)C=C(NC(=O)c1ccccc1)c1ccc(OC(F)(F)C(F)F)cc1. The van der Waals surface area contributed by atoms with E-state index in [-0.39, 0.29) is 17.3 Å². The van der Waals surface area contributed by atoms with Crippen molar-refractivity contribution in [1.29, 1.82) is 0 Å². The Balaban J connectivity index is 2.28. The van der Waals surface area contributed by atoms with E-state index in [2.05, 4.69) is 15.4 Å². The van der Waals surface area contributed by atoms with Gasteiger partial charge in [-0.3, -0.25) is 9.59 Å². The summed E-state index contributed by atoms with van der Waals surface area (Å²) in [5.74, 6) is -1.48. The van der Waals surface area contributed by atoms with Crippen LogP contribution in [0.3, 0.4) is 0 Å². The molecule has 160 valence electrons. The van der Waals surface area contributed by atoms with Gasteiger partial charge in [-0.2, -0.15) is 17.6 Å². The Morgan fingerprint density at radius 2 is 1.57 bits per heavy atom. The number of amides is 2. The highest BCUT2D eigenvalue weighted by atomic mass is 19.3.